The summed E-state index contributed by atoms with van der Waals surface area (Å²) < 4.78 is 0. The molecule has 1 fully saturated rings. The number of thioether (sulfide) groups is 1. The Balaban J connectivity index is 2.13. The van der Waals surface area contributed by atoms with Crippen LogP contribution in [0.5, 0.6) is 0 Å². The van der Waals surface area contributed by atoms with Crippen LogP contribution in [0.2, 0.25) is 5.02 Å². The topological polar surface area (TPSA) is 77.5 Å². The van der Waals surface area contributed by atoms with Crippen molar-refractivity contribution in [3.63, 3.8) is 0 Å². The summed E-state index contributed by atoms with van der Waals surface area (Å²) in [5.74, 6) is -1.51. The molecule has 1 aromatic carbocycles. The highest BCUT2D eigenvalue weighted by Crippen LogP contribution is 2.32. The van der Waals surface area contributed by atoms with Crippen LogP contribution in [0.15, 0.2) is 18.2 Å². The van der Waals surface area contributed by atoms with Gasteiger partial charge < -0.3 is 9.90 Å². The molecule has 1 aliphatic rings. The van der Waals surface area contributed by atoms with E-state index in [0.29, 0.717) is 10.7 Å². The molecule has 2 amide bonds. The highest BCUT2D eigenvalue weighted by Gasteiger charge is 2.40. The molecule has 1 saturated heterocycles. The number of benzene rings is 1. The quantitative estimate of drug-likeness (QED) is 0.759. The highest BCUT2D eigenvalue weighted by molar-refractivity contribution is 8.00. The lowest BCUT2D eigenvalue weighted by molar-refractivity contribution is -0.305. The first-order valence-electron chi connectivity index (χ1n) is 6.34. The summed E-state index contributed by atoms with van der Waals surface area (Å²) in [6.07, 6.45) is -0.0543. The van der Waals surface area contributed by atoms with Crippen LogP contribution in [0.25, 0.3) is 0 Å². The normalized spacial score (nSPS) is 18.4. The minimum absolute atomic E-state index is 0.0820. The van der Waals surface area contributed by atoms with E-state index in [-0.39, 0.29) is 30.4 Å². The Morgan fingerprint density at radius 1 is 1.48 bits per heavy atom. The van der Waals surface area contributed by atoms with Gasteiger partial charge in [0.2, 0.25) is 11.8 Å². The number of carboxylic acid groups (broad SMARTS) is 1. The summed E-state index contributed by atoms with van der Waals surface area (Å²) >= 11 is 7.04. The number of anilines is 1. The third-order valence-corrected chi connectivity index (χ3v) is 4.58. The molecule has 1 atom stereocenters. The number of aliphatic carboxylic acids is 1. The molecular weight excluding hydrogens is 314 g/mol. The third-order valence-electron chi connectivity index (χ3n) is 3.13. The van der Waals surface area contributed by atoms with Crippen molar-refractivity contribution in [2.24, 2.45) is 0 Å². The van der Waals surface area contributed by atoms with Gasteiger partial charge in [0.25, 0.3) is 0 Å². The molecule has 21 heavy (non-hydrogen) atoms. The fraction of sp³-hybridized carbons (Fsp3) is 0.357. The lowest BCUT2D eigenvalue weighted by atomic mass is 10.2. The first-order chi connectivity index (χ1) is 9.90. The van der Waals surface area contributed by atoms with Crippen LogP contribution in [0.1, 0.15) is 18.4 Å². The third kappa shape index (κ3) is 3.57. The van der Waals surface area contributed by atoms with E-state index in [1.165, 1.54) is 11.8 Å². The molecule has 2 rings (SSSR count). The van der Waals surface area contributed by atoms with Crippen molar-refractivity contribution < 1.29 is 19.5 Å². The second-order valence-electron chi connectivity index (χ2n) is 4.68. The highest BCUT2D eigenvalue weighted by atomic mass is 35.5. The number of carbonyl (C=O) groups is 3. The van der Waals surface area contributed by atoms with Crippen molar-refractivity contribution in [3.8, 4) is 0 Å². The van der Waals surface area contributed by atoms with Crippen LogP contribution in [0.3, 0.4) is 0 Å². The molecule has 0 bridgehead atoms. The molecule has 0 aliphatic carbocycles. The van der Waals surface area contributed by atoms with Gasteiger partial charge in [-0.05, 0) is 42.9 Å². The van der Waals surface area contributed by atoms with Crippen LogP contribution in [-0.4, -0.2) is 28.8 Å². The summed E-state index contributed by atoms with van der Waals surface area (Å²) in [7, 11) is 0. The Bertz CT molecular complexity index is 605. The second-order valence-corrected chi connectivity index (χ2v) is 6.43. The zero-order valence-electron chi connectivity index (χ0n) is 11.3. The molecule has 0 N–H and O–H groups in total. The Morgan fingerprint density at radius 2 is 2.19 bits per heavy atom. The molecule has 112 valence electrons. The first kappa shape index (κ1) is 15.9. The minimum atomic E-state index is -1.16. The van der Waals surface area contributed by atoms with Crippen molar-refractivity contribution in [1.29, 1.82) is 0 Å². The molecule has 0 unspecified atom stereocenters. The molecule has 1 aliphatic heterocycles. The largest absolute Gasteiger partial charge is 0.550 e. The van der Waals surface area contributed by atoms with Crippen LogP contribution in [0.4, 0.5) is 5.69 Å². The predicted octanol–water partition coefficient (Wildman–Crippen LogP) is 1.15. The SMILES string of the molecule is Cc1cc(Cl)ccc1N1C(=O)C[C@H](SCCC(=O)[O-])C1=O. The van der Waals surface area contributed by atoms with Crippen molar-refractivity contribution in [1.82, 2.24) is 0 Å². The molecular formula is C14H13ClNO4S-. The summed E-state index contributed by atoms with van der Waals surface area (Å²) in [4.78, 5) is 35.9. The maximum absolute atomic E-state index is 12.3. The zero-order valence-corrected chi connectivity index (χ0v) is 12.9. The van der Waals surface area contributed by atoms with Crippen LogP contribution in [0, 0.1) is 6.92 Å². The Morgan fingerprint density at radius 3 is 2.81 bits per heavy atom. The van der Waals surface area contributed by atoms with E-state index in [2.05, 4.69) is 0 Å². The van der Waals surface area contributed by atoms with Crippen LogP contribution in [-0.2, 0) is 14.4 Å². The number of hydrogen-bond donors (Lipinski definition) is 0. The Kier molecular flexibility index (Phi) is 4.90. The molecule has 5 nitrogen and oxygen atoms in total. The summed E-state index contributed by atoms with van der Waals surface area (Å²) in [6, 6.07) is 4.96. The van der Waals surface area contributed by atoms with Gasteiger partial charge in [0.1, 0.15) is 0 Å². The van der Waals surface area contributed by atoms with Gasteiger partial charge in [-0.1, -0.05) is 11.6 Å². The summed E-state index contributed by atoms with van der Waals surface area (Å²) in [5.41, 5.74) is 1.27. The number of carbonyl (C=O) groups excluding carboxylic acids is 3. The van der Waals surface area contributed by atoms with Gasteiger partial charge in [0, 0.05) is 17.4 Å². The van der Waals surface area contributed by atoms with Gasteiger partial charge >= 0.3 is 0 Å². The van der Waals surface area contributed by atoms with Gasteiger partial charge in [-0.25, -0.2) is 4.90 Å². The summed E-state index contributed by atoms with van der Waals surface area (Å²) in [5, 5.41) is 10.4. The first-order valence-corrected chi connectivity index (χ1v) is 7.77. The number of nitrogens with zero attached hydrogens (tertiary/aromatic N) is 1. The van der Waals surface area contributed by atoms with E-state index in [1.54, 1.807) is 25.1 Å². The predicted molar refractivity (Wildman–Crippen MR) is 79.2 cm³/mol. The second kappa shape index (κ2) is 6.49. The molecule has 1 heterocycles. The molecule has 1 aromatic rings. The smallest absolute Gasteiger partial charge is 0.247 e. The van der Waals surface area contributed by atoms with Gasteiger partial charge in [-0.2, -0.15) is 0 Å². The van der Waals surface area contributed by atoms with Crippen molar-refractivity contribution in [2.75, 3.05) is 10.7 Å². The number of aryl methyl sites for hydroxylation is 1. The molecule has 0 spiro atoms. The number of rotatable bonds is 5. The van der Waals surface area contributed by atoms with E-state index in [9.17, 15) is 19.5 Å². The van der Waals surface area contributed by atoms with E-state index in [4.69, 9.17) is 11.6 Å². The maximum Gasteiger partial charge on any atom is 0.247 e. The van der Waals surface area contributed by atoms with Crippen molar-refractivity contribution in [2.45, 2.75) is 25.0 Å². The Labute approximate surface area is 131 Å². The zero-order chi connectivity index (χ0) is 15.6. The number of carboxylic acids is 1. The lowest BCUT2D eigenvalue weighted by Crippen LogP contribution is -2.32. The average molecular weight is 327 g/mol. The van der Waals surface area contributed by atoms with Crippen molar-refractivity contribution >= 4 is 46.8 Å². The summed E-state index contributed by atoms with van der Waals surface area (Å²) in [6.45, 7) is 1.78. The standard InChI is InChI=1S/C14H14ClNO4S/c1-8-6-9(15)2-3-10(8)16-12(17)7-11(14(16)20)21-5-4-13(18)19/h2-3,6,11H,4-5,7H2,1H3,(H,18,19)/p-1/t11-/m0/s1. The van der Waals surface area contributed by atoms with Crippen LogP contribution >= 0.6 is 23.4 Å². The number of amides is 2. The average Bonchev–Trinajstić information content (AvgIpc) is 2.65. The van der Waals surface area contributed by atoms with E-state index >= 15 is 0 Å². The lowest BCUT2D eigenvalue weighted by Gasteiger charge is -2.17. The molecule has 0 radical (unpaired) electrons. The van der Waals surface area contributed by atoms with Gasteiger partial charge in [0.05, 0.1) is 10.9 Å². The molecule has 0 aromatic heterocycles. The fourth-order valence-electron chi connectivity index (χ4n) is 2.14. The van der Waals surface area contributed by atoms with Crippen molar-refractivity contribution in [3.05, 3.63) is 28.8 Å². The van der Waals surface area contributed by atoms with Crippen LogP contribution < -0.4 is 10.0 Å². The Hall–Kier alpha value is -1.53. The van der Waals surface area contributed by atoms with E-state index in [1.807, 2.05) is 0 Å². The van der Waals surface area contributed by atoms with Gasteiger partial charge in [-0.15, -0.1) is 11.8 Å². The molecule has 0 saturated carbocycles. The monoisotopic (exact) mass is 326 g/mol. The maximum atomic E-state index is 12.3. The number of halogens is 1. The van der Waals surface area contributed by atoms with E-state index < -0.39 is 11.2 Å². The fourth-order valence-corrected chi connectivity index (χ4v) is 3.45. The van der Waals surface area contributed by atoms with Gasteiger partial charge in [0.15, 0.2) is 0 Å². The number of imide groups is 1. The minimum Gasteiger partial charge on any atom is -0.550 e. The number of hydrogen-bond acceptors (Lipinski definition) is 5. The van der Waals surface area contributed by atoms with Gasteiger partial charge in [-0.3, -0.25) is 9.59 Å². The van der Waals surface area contributed by atoms with E-state index in [0.717, 1.165) is 10.5 Å². The molecule has 7 heteroatoms.